The zero-order chi connectivity index (χ0) is 12.3. The number of anilines is 1. The van der Waals surface area contributed by atoms with Crippen LogP contribution in [0.4, 0.5) is 14.5 Å². The summed E-state index contributed by atoms with van der Waals surface area (Å²) >= 11 is 0. The number of nitrogens with one attached hydrogen (secondary N) is 1. The number of hydrogen-bond donors (Lipinski definition) is 1. The van der Waals surface area contributed by atoms with Crippen LogP contribution in [0.5, 0.6) is 0 Å². The van der Waals surface area contributed by atoms with E-state index in [2.05, 4.69) is 5.32 Å². The Labute approximate surface area is 92.4 Å². The number of para-hydroxylation sites is 1. The molecule has 1 aromatic carbocycles. The number of ether oxygens (including phenoxy) is 1. The largest absolute Gasteiger partial charge is 0.369 e. The smallest absolute Gasteiger partial charge is 0.256 e. The van der Waals surface area contributed by atoms with Crippen LogP contribution >= 0.6 is 0 Å². The quantitative estimate of drug-likeness (QED) is 0.863. The average molecular weight is 229 g/mol. The maximum absolute atomic E-state index is 13.2. The van der Waals surface area contributed by atoms with Gasteiger partial charge in [0.25, 0.3) is 5.91 Å². The van der Waals surface area contributed by atoms with Crippen molar-refractivity contribution in [2.24, 2.45) is 0 Å². The summed E-state index contributed by atoms with van der Waals surface area (Å²) in [5.41, 5.74) is -1.60. The Morgan fingerprint density at radius 3 is 2.25 bits per heavy atom. The van der Waals surface area contributed by atoms with Gasteiger partial charge in [-0.15, -0.1) is 0 Å². The van der Waals surface area contributed by atoms with Gasteiger partial charge in [0.15, 0.2) is 0 Å². The van der Waals surface area contributed by atoms with Gasteiger partial charge in [0.1, 0.15) is 22.9 Å². The van der Waals surface area contributed by atoms with E-state index in [0.717, 1.165) is 12.1 Å². The second kappa shape index (κ2) is 4.57. The summed E-state index contributed by atoms with van der Waals surface area (Å²) in [7, 11) is 1.34. The lowest BCUT2D eigenvalue weighted by molar-refractivity contribution is -0.133. The molecule has 0 saturated carbocycles. The molecule has 5 heteroatoms. The Morgan fingerprint density at radius 2 is 1.81 bits per heavy atom. The molecule has 0 aromatic heterocycles. The fourth-order valence-electron chi connectivity index (χ4n) is 0.974. The Hall–Kier alpha value is -1.49. The van der Waals surface area contributed by atoms with Gasteiger partial charge in [0, 0.05) is 7.11 Å². The number of hydrogen-bond acceptors (Lipinski definition) is 2. The van der Waals surface area contributed by atoms with Crippen molar-refractivity contribution in [2.45, 2.75) is 19.4 Å². The fraction of sp³-hybridized carbons (Fsp3) is 0.364. The van der Waals surface area contributed by atoms with Crippen molar-refractivity contribution in [3.8, 4) is 0 Å². The van der Waals surface area contributed by atoms with Gasteiger partial charge >= 0.3 is 0 Å². The highest BCUT2D eigenvalue weighted by Gasteiger charge is 2.28. The first-order valence-corrected chi connectivity index (χ1v) is 4.69. The molecule has 0 aliphatic carbocycles. The van der Waals surface area contributed by atoms with Gasteiger partial charge in [0.05, 0.1) is 0 Å². The van der Waals surface area contributed by atoms with E-state index >= 15 is 0 Å². The molecule has 16 heavy (non-hydrogen) atoms. The van der Waals surface area contributed by atoms with E-state index in [9.17, 15) is 13.6 Å². The van der Waals surface area contributed by atoms with Crippen molar-refractivity contribution in [3.05, 3.63) is 29.8 Å². The minimum atomic E-state index is -1.14. The van der Waals surface area contributed by atoms with Crippen molar-refractivity contribution in [3.63, 3.8) is 0 Å². The summed E-state index contributed by atoms with van der Waals surface area (Å²) < 4.78 is 31.3. The van der Waals surface area contributed by atoms with Gasteiger partial charge in [-0.25, -0.2) is 8.78 Å². The number of carbonyl (C=O) groups is 1. The van der Waals surface area contributed by atoms with Crippen LogP contribution in [0, 0.1) is 11.6 Å². The zero-order valence-corrected chi connectivity index (χ0v) is 9.30. The molecule has 1 aromatic rings. The predicted octanol–water partition coefficient (Wildman–Crippen LogP) is 2.33. The fourth-order valence-corrected chi connectivity index (χ4v) is 0.974. The second-order valence-corrected chi connectivity index (χ2v) is 3.77. The third-order valence-electron chi connectivity index (χ3n) is 2.26. The van der Waals surface area contributed by atoms with Crippen molar-refractivity contribution in [2.75, 3.05) is 12.4 Å². The minimum absolute atomic E-state index is 0.461. The highest BCUT2D eigenvalue weighted by Crippen LogP contribution is 2.20. The molecule has 0 aliphatic heterocycles. The normalized spacial score (nSPS) is 11.3. The van der Waals surface area contributed by atoms with Crippen LogP contribution in [0.2, 0.25) is 0 Å². The zero-order valence-electron chi connectivity index (χ0n) is 9.30. The van der Waals surface area contributed by atoms with Crippen molar-refractivity contribution in [1.29, 1.82) is 0 Å². The maximum atomic E-state index is 13.2. The highest BCUT2D eigenvalue weighted by molar-refractivity contribution is 5.96. The standard InChI is InChI=1S/C11H13F2NO2/c1-11(2,16-3)10(15)14-9-7(12)5-4-6-8(9)13/h4-6H,1-3H3,(H,14,15). The number of halogens is 2. The second-order valence-electron chi connectivity index (χ2n) is 3.77. The molecule has 1 rings (SSSR count). The van der Waals surface area contributed by atoms with Gasteiger partial charge in [-0.3, -0.25) is 4.79 Å². The molecule has 0 unspecified atom stereocenters. The monoisotopic (exact) mass is 229 g/mol. The van der Waals surface area contributed by atoms with Crippen molar-refractivity contribution < 1.29 is 18.3 Å². The summed E-state index contributed by atoms with van der Waals surface area (Å²) in [5, 5.41) is 2.16. The lowest BCUT2D eigenvalue weighted by Gasteiger charge is -2.21. The van der Waals surface area contributed by atoms with Crippen LogP contribution < -0.4 is 5.32 Å². The third kappa shape index (κ3) is 2.55. The van der Waals surface area contributed by atoms with Crippen LogP contribution in [0.1, 0.15) is 13.8 Å². The first kappa shape index (κ1) is 12.6. The van der Waals surface area contributed by atoms with E-state index in [1.807, 2.05) is 0 Å². The molecule has 0 radical (unpaired) electrons. The van der Waals surface area contributed by atoms with Gasteiger partial charge in [-0.05, 0) is 26.0 Å². The van der Waals surface area contributed by atoms with Gasteiger partial charge in [-0.2, -0.15) is 0 Å². The number of carbonyl (C=O) groups excluding carboxylic acids is 1. The molecule has 1 N–H and O–H groups in total. The van der Waals surface area contributed by atoms with Gasteiger partial charge in [-0.1, -0.05) is 6.07 Å². The molecular formula is C11H13F2NO2. The van der Waals surface area contributed by atoms with E-state index in [-0.39, 0.29) is 0 Å². The minimum Gasteiger partial charge on any atom is -0.369 e. The molecule has 0 bridgehead atoms. The predicted molar refractivity (Wildman–Crippen MR) is 56.1 cm³/mol. The van der Waals surface area contributed by atoms with Crippen LogP contribution in [-0.2, 0) is 9.53 Å². The molecule has 0 spiro atoms. The summed E-state index contributed by atoms with van der Waals surface area (Å²) in [6.45, 7) is 3.00. The topological polar surface area (TPSA) is 38.3 Å². The molecule has 0 aliphatic rings. The maximum Gasteiger partial charge on any atom is 0.256 e. The van der Waals surface area contributed by atoms with Gasteiger partial charge < -0.3 is 10.1 Å². The molecule has 0 atom stereocenters. The van der Waals surface area contributed by atoms with Crippen LogP contribution in [0.15, 0.2) is 18.2 Å². The Morgan fingerprint density at radius 1 is 1.31 bits per heavy atom. The van der Waals surface area contributed by atoms with E-state index in [0.29, 0.717) is 0 Å². The molecule has 0 saturated heterocycles. The summed E-state index contributed by atoms with van der Waals surface area (Å²) in [6.07, 6.45) is 0. The van der Waals surface area contributed by atoms with Crippen LogP contribution in [-0.4, -0.2) is 18.6 Å². The summed E-state index contributed by atoms with van der Waals surface area (Å²) in [6, 6.07) is 3.36. The third-order valence-corrected chi connectivity index (χ3v) is 2.26. The molecular weight excluding hydrogens is 216 g/mol. The Kier molecular flexibility index (Phi) is 3.59. The molecule has 1 amide bonds. The van der Waals surface area contributed by atoms with E-state index in [4.69, 9.17) is 4.74 Å². The Balaban J connectivity index is 2.94. The average Bonchev–Trinajstić information content (AvgIpc) is 2.23. The van der Waals surface area contributed by atoms with Gasteiger partial charge in [0.2, 0.25) is 0 Å². The number of methoxy groups -OCH3 is 1. The van der Waals surface area contributed by atoms with Crippen molar-refractivity contribution in [1.82, 2.24) is 0 Å². The Bertz CT molecular complexity index is 385. The highest BCUT2D eigenvalue weighted by atomic mass is 19.1. The lowest BCUT2D eigenvalue weighted by atomic mass is 10.1. The molecule has 0 heterocycles. The number of rotatable bonds is 3. The van der Waals surface area contributed by atoms with E-state index < -0.39 is 28.8 Å². The van der Waals surface area contributed by atoms with Crippen LogP contribution in [0.3, 0.4) is 0 Å². The molecule has 3 nitrogen and oxygen atoms in total. The van der Waals surface area contributed by atoms with E-state index in [1.165, 1.54) is 27.0 Å². The first-order valence-electron chi connectivity index (χ1n) is 4.69. The van der Waals surface area contributed by atoms with E-state index in [1.54, 1.807) is 0 Å². The number of amides is 1. The van der Waals surface area contributed by atoms with Crippen molar-refractivity contribution >= 4 is 11.6 Å². The SMILES string of the molecule is COC(C)(C)C(=O)Nc1c(F)cccc1F. The summed E-state index contributed by atoms with van der Waals surface area (Å²) in [5.74, 6) is -2.25. The molecule has 88 valence electrons. The molecule has 0 fully saturated rings. The van der Waals surface area contributed by atoms with Crippen LogP contribution in [0.25, 0.3) is 0 Å². The lowest BCUT2D eigenvalue weighted by Crippen LogP contribution is -2.39. The number of benzene rings is 1. The summed E-state index contributed by atoms with van der Waals surface area (Å²) in [4.78, 5) is 11.6. The first-order chi connectivity index (χ1) is 7.38.